The van der Waals surface area contributed by atoms with Crippen molar-refractivity contribution in [2.45, 2.75) is 64.0 Å². The Bertz CT molecular complexity index is 750. The number of hydrogen-bond donors (Lipinski definition) is 1. The minimum atomic E-state index is -0.331. The van der Waals surface area contributed by atoms with Crippen LogP contribution >= 0.6 is 0 Å². The van der Waals surface area contributed by atoms with Crippen molar-refractivity contribution < 1.29 is 14.3 Å². The van der Waals surface area contributed by atoms with Crippen LogP contribution < -0.4 is 5.32 Å². The van der Waals surface area contributed by atoms with Crippen LogP contribution in [0.2, 0.25) is 0 Å². The molecule has 1 aromatic carbocycles. The van der Waals surface area contributed by atoms with Crippen molar-refractivity contribution in [3.63, 3.8) is 0 Å². The van der Waals surface area contributed by atoms with Gasteiger partial charge in [0.1, 0.15) is 6.10 Å². The van der Waals surface area contributed by atoms with Crippen LogP contribution in [0.25, 0.3) is 0 Å². The Morgan fingerprint density at radius 1 is 1.15 bits per heavy atom. The predicted octanol–water partition coefficient (Wildman–Crippen LogP) is 3.58. The number of carbonyl (C=O) groups excluding carboxylic acids is 2. The SMILES string of the molecule is O=C(Nc1ccc2c(c1)CN(C(=O)CC1=CCCCC1)CC2)C1CCCO1. The zero-order valence-corrected chi connectivity index (χ0v) is 15.8. The molecule has 0 saturated carbocycles. The molecule has 0 aromatic heterocycles. The largest absolute Gasteiger partial charge is 0.368 e. The van der Waals surface area contributed by atoms with Crippen molar-refractivity contribution in [3.8, 4) is 0 Å². The van der Waals surface area contributed by atoms with Gasteiger partial charge in [-0.3, -0.25) is 9.59 Å². The minimum Gasteiger partial charge on any atom is -0.368 e. The monoisotopic (exact) mass is 368 g/mol. The maximum atomic E-state index is 12.7. The van der Waals surface area contributed by atoms with Gasteiger partial charge in [0.25, 0.3) is 5.91 Å². The summed E-state index contributed by atoms with van der Waals surface area (Å²) in [4.78, 5) is 26.9. The Morgan fingerprint density at radius 2 is 2.07 bits per heavy atom. The number of ether oxygens (including phenoxy) is 1. The van der Waals surface area contributed by atoms with Gasteiger partial charge in [0, 0.05) is 31.8 Å². The molecule has 27 heavy (non-hydrogen) atoms. The fourth-order valence-electron chi connectivity index (χ4n) is 4.23. The maximum absolute atomic E-state index is 12.7. The second-order valence-corrected chi connectivity index (χ2v) is 7.82. The Hall–Kier alpha value is -2.14. The third kappa shape index (κ3) is 4.41. The Labute approximate surface area is 160 Å². The first-order chi connectivity index (χ1) is 13.2. The molecule has 5 nitrogen and oxygen atoms in total. The molecule has 144 valence electrons. The highest BCUT2D eigenvalue weighted by atomic mass is 16.5. The summed E-state index contributed by atoms with van der Waals surface area (Å²) in [5.74, 6) is 0.156. The Kier molecular flexibility index (Phi) is 5.58. The van der Waals surface area contributed by atoms with E-state index in [1.54, 1.807) is 0 Å². The van der Waals surface area contributed by atoms with Crippen LogP contribution in [0.15, 0.2) is 29.8 Å². The zero-order valence-electron chi connectivity index (χ0n) is 15.8. The first-order valence-electron chi connectivity index (χ1n) is 10.2. The van der Waals surface area contributed by atoms with Crippen LogP contribution in [0.1, 0.15) is 56.1 Å². The van der Waals surface area contributed by atoms with Gasteiger partial charge in [-0.15, -0.1) is 0 Å². The van der Waals surface area contributed by atoms with Gasteiger partial charge in [-0.05, 0) is 68.2 Å². The van der Waals surface area contributed by atoms with E-state index in [1.165, 1.54) is 24.0 Å². The third-order valence-corrected chi connectivity index (χ3v) is 5.82. The van der Waals surface area contributed by atoms with Crippen molar-refractivity contribution in [1.82, 2.24) is 4.90 Å². The molecule has 1 aromatic rings. The van der Waals surface area contributed by atoms with Gasteiger partial charge in [0.05, 0.1) is 0 Å². The molecule has 3 aliphatic rings. The molecular weight excluding hydrogens is 340 g/mol. The summed E-state index contributed by atoms with van der Waals surface area (Å²) in [5, 5.41) is 2.97. The maximum Gasteiger partial charge on any atom is 0.253 e. The molecule has 2 heterocycles. The standard InChI is InChI=1S/C22H28N2O3/c25-21(13-16-5-2-1-3-6-16)24-11-10-17-8-9-19(14-18(17)15-24)23-22(26)20-7-4-12-27-20/h5,8-9,14,20H,1-4,6-7,10-13,15H2,(H,23,26). The van der Waals surface area contributed by atoms with E-state index >= 15 is 0 Å². The molecule has 0 bridgehead atoms. The average Bonchev–Trinajstić information content (AvgIpc) is 3.23. The molecule has 1 aliphatic carbocycles. The number of fused-ring (bicyclic) bond motifs is 1. The lowest BCUT2D eigenvalue weighted by molar-refractivity contribution is -0.131. The number of nitrogens with one attached hydrogen (secondary N) is 1. The van der Waals surface area contributed by atoms with Crippen molar-refractivity contribution in [2.24, 2.45) is 0 Å². The van der Waals surface area contributed by atoms with Gasteiger partial charge in [-0.1, -0.05) is 17.7 Å². The van der Waals surface area contributed by atoms with Gasteiger partial charge < -0.3 is 15.0 Å². The molecule has 2 amide bonds. The molecule has 4 rings (SSSR count). The van der Waals surface area contributed by atoms with E-state index in [9.17, 15) is 9.59 Å². The molecule has 1 atom stereocenters. The molecule has 1 unspecified atom stereocenters. The van der Waals surface area contributed by atoms with E-state index in [0.29, 0.717) is 19.6 Å². The summed E-state index contributed by atoms with van der Waals surface area (Å²) in [7, 11) is 0. The number of allylic oxidation sites excluding steroid dienone is 1. The molecule has 0 spiro atoms. The molecule has 2 aliphatic heterocycles. The van der Waals surface area contributed by atoms with Crippen molar-refractivity contribution in [2.75, 3.05) is 18.5 Å². The van der Waals surface area contributed by atoms with E-state index in [1.807, 2.05) is 17.0 Å². The summed E-state index contributed by atoms with van der Waals surface area (Å²) >= 11 is 0. The molecule has 1 saturated heterocycles. The van der Waals surface area contributed by atoms with Crippen LogP contribution in [0, 0.1) is 0 Å². The summed E-state index contributed by atoms with van der Waals surface area (Å²) < 4.78 is 5.45. The third-order valence-electron chi connectivity index (χ3n) is 5.82. The quantitative estimate of drug-likeness (QED) is 0.827. The average molecular weight is 368 g/mol. The van der Waals surface area contributed by atoms with Gasteiger partial charge in [-0.25, -0.2) is 0 Å². The van der Waals surface area contributed by atoms with Gasteiger partial charge in [0.15, 0.2) is 0 Å². The summed E-state index contributed by atoms with van der Waals surface area (Å²) in [6, 6.07) is 6.05. The highest BCUT2D eigenvalue weighted by Crippen LogP contribution is 2.26. The minimum absolute atomic E-state index is 0.0690. The van der Waals surface area contributed by atoms with Gasteiger partial charge in [0.2, 0.25) is 5.91 Å². The lowest BCUT2D eigenvalue weighted by atomic mass is 9.95. The number of rotatable bonds is 4. The zero-order chi connectivity index (χ0) is 18.6. The Morgan fingerprint density at radius 3 is 2.85 bits per heavy atom. The molecular formula is C22H28N2O3. The molecule has 5 heteroatoms. The van der Waals surface area contributed by atoms with Crippen molar-refractivity contribution in [3.05, 3.63) is 41.0 Å². The van der Waals surface area contributed by atoms with Crippen LogP contribution in [0.3, 0.4) is 0 Å². The number of hydrogen-bond acceptors (Lipinski definition) is 3. The summed E-state index contributed by atoms with van der Waals surface area (Å²) in [5.41, 5.74) is 4.50. The number of anilines is 1. The summed E-state index contributed by atoms with van der Waals surface area (Å²) in [6.07, 6.45) is 9.70. The number of carbonyl (C=O) groups is 2. The van der Waals surface area contributed by atoms with Crippen molar-refractivity contribution in [1.29, 1.82) is 0 Å². The Balaban J connectivity index is 1.39. The lowest BCUT2D eigenvalue weighted by Gasteiger charge is -2.30. The molecule has 0 radical (unpaired) electrons. The second kappa shape index (κ2) is 8.26. The topological polar surface area (TPSA) is 58.6 Å². The van der Waals surface area contributed by atoms with Crippen LogP contribution in [0.4, 0.5) is 5.69 Å². The van der Waals surface area contributed by atoms with Crippen LogP contribution in [0.5, 0.6) is 0 Å². The second-order valence-electron chi connectivity index (χ2n) is 7.82. The van der Waals surface area contributed by atoms with Gasteiger partial charge in [-0.2, -0.15) is 0 Å². The summed E-state index contributed by atoms with van der Waals surface area (Å²) in [6.45, 7) is 2.07. The fraction of sp³-hybridized carbons (Fsp3) is 0.545. The van der Waals surface area contributed by atoms with Gasteiger partial charge >= 0.3 is 0 Å². The van der Waals surface area contributed by atoms with Crippen LogP contribution in [-0.4, -0.2) is 36.0 Å². The number of amides is 2. The van der Waals surface area contributed by atoms with E-state index in [-0.39, 0.29) is 17.9 Å². The van der Waals surface area contributed by atoms with E-state index in [2.05, 4.69) is 17.5 Å². The number of benzene rings is 1. The molecule has 1 N–H and O–H groups in total. The smallest absolute Gasteiger partial charge is 0.253 e. The highest BCUT2D eigenvalue weighted by Gasteiger charge is 2.25. The normalized spacial score (nSPS) is 22.1. The molecule has 1 fully saturated rings. The lowest BCUT2D eigenvalue weighted by Crippen LogP contribution is -2.36. The van der Waals surface area contributed by atoms with E-state index in [4.69, 9.17) is 4.74 Å². The predicted molar refractivity (Wildman–Crippen MR) is 104 cm³/mol. The first-order valence-corrected chi connectivity index (χ1v) is 10.2. The van der Waals surface area contributed by atoms with Crippen molar-refractivity contribution >= 4 is 17.5 Å². The van der Waals surface area contributed by atoms with Crippen LogP contribution in [-0.2, 0) is 27.3 Å². The first kappa shape index (κ1) is 18.2. The number of nitrogens with zero attached hydrogens (tertiary/aromatic N) is 1. The van der Waals surface area contributed by atoms with E-state index < -0.39 is 0 Å². The fourth-order valence-corrected chi connectivity index (χ4v) is 4.23. The highest BCUT2D eigenvalue weighted by molar-refractivity contribution is 5.94. The van der Waals surface area contributed by atoms with E-state index in [0.717, 1.165) is 49.9 Å².